The van der Waals surface area contributed by atoms with Crippen molar-refractivity contribution < 1.29 is 19.0 Å². The van der Waals surface area contributed by atoms with E-state index in [0.29, 0.717) is 18.0 Å². The molecule has 3 aromatic carbocycles. The van der Waals surface area contributed by atoms with Crippen molar-refractivity contribution in [1.82, 2.24) is 4.57 Å². The predicted molar refractivity (Wildman–Crippen MR) is 156 cm³/mol. The second kappa shape index (κ2) is 12.1. The van der Waals surface area contributed by atoms with Crippen LogP contribution in [0.25, 0.3) is 0 Å². The van der Waals surface area contributed by atoms with Crippen LogP contribution in [0, 0.1) is 5.92 Å². The Balaban J connectivity index is 1.46. The van der Waals surface area contributed by atoms with E-state index >= 15 is 0 Å². The Bertz CT molecular complexity index is 1310. The van der Waals surface area contributed by atoms with E-state index < -0.39 is 11.7 Å². The maximum atomic E-state index is 12.5. The molecule has 0 amide bonds. The number of rotatable bonds is 9. The van der Waals surface area contributed by atoms with Gasteiger partial charge in [0.15, 0.2) is 0 Å². The quantitative estimate of drug-likeness (QED) is 0.253. The van der Waals surface area contributed by atoms with Crippen LogP contribution in [0.3, 0.4) is 0 Å². The number of nitrogens with two attached hydrogens (primary N) is 2. The number of ether oxygens (including phenoxy) is 3. The summed E-state index contributed by atoms with van der Waals surface area (Å²) >= 11 is 0. The molecule has 1 aliphatic rings. The third-order valence-electron chi connectivity index (χ3n) is 7.66. The van der Waals surface area contributed by atoms with Crippen LogP contribution in [0.5, 0.6) is 0 Å². The third-order valence-corrected chi connectivity index (χ3v) is 7.66. The summed E-state index contributed by atoms with van der Waals surface area (Å²) in [6.45, 7) is 4.64. The third kappa shape index (κ3) is 5.16. The molecule has 1 fully saturated rings. The topological polar surface area (TPSA) is 102 Å². The van der Waals surface area contributed by atoms with Gasteiger partial charge >= 0.3 is 6.09 Å². The average molecular weight is 540 g/mol. The van der Waals surface area contributed by atoms with Crippen LogP contribution >= 0.6 is 0 Å². The minimum absolute atomic E-state index is 0.117. The standard InChI is InChI=1S/C33H37N3O4/c1-3-38-32(37)36-21-28(30(35)29(36)20-34)31-23(2)19-27(40-31)22-39-33(24-13-7-4-8-14-24,25-15-9-5-10-16-25)26-17-11-6-12-18-26/h4-18,21,23,27,31H,3,19-20,22,34-35H2,1-2H3/t23?,27-,31-/m0/s1. The Kier molecular flexibility index (Phi) is 8.35. The van der Waals surface area contributed by atoms with Crippen LogP contribution in [-0.2, 0) is 26.4 Å². The summed E-state index contributed by atoms with van der Waals surface area (Å²) in [4.78, 5) is 12.5. The molecule has 4 N–H and O–H groups in total. The van der Waals surface area contributed by atoms with Crippen molar-refractivity contribution in [2.24, 2.45) is 11.7 Å². The van der Waals surface area contributed by atoms with Crippen LogP contribution in [0.2, 0.25) is 0 Å². The van der Waals surface area contributed by atoms with Crippen LogP contribution in [0.4, 0.5) is 10.5 Å². The molecule has 1 aromatic heterocycles. The summed E-state index contributed by atoms with van der Waals surface area (Å²) in [5.74, 6) is 0.152. The summed E-state index contributed by atoms with van der Waals surface area (Å²) in [7, 11) is 0. The predicted octanol–water partition coefficient (Wildman–Crippen LogP) is 6.01. The Morgan fingerprint density at radius 3 is 1.95 bits per heavy atom. The highest BCUT2D eigenvalue weighted by Gasteiger charge is 2.41. The van der Waals surface area contributed by atoms with Gasteiger partial charge in [0.25, 0.3) is 0 Å². The second-order valence-corrected chi connectivity index (χ2v) is 10.2. The molecule has 0 spiro atoms. The number of nitrogen functional groups attached to an aromatic ring is 1. The van der Waals surface area contributed by atoms with E-state index in [1.807, 2.05) is 54.6 Å². The van der Waals surface area contributed by atoms with Crippen molar-refractivity contribution in [3.05, 3.63) is 125 Å². The fourth-order valence-electron chi connectivity index (χ4n) is 5.78. The van der Waals surface area contributed by atoms with E-state index in [2.05, 4.69) is 43.3 Å². The fraction of sp³-hybridized carbons (Fsp3) is 0.303. The Hall–Kier alpha value is -3.91. The summed E-state index contributed by atoms with van der Waals surface area (Å²) in [6.07, 6.45) is 1.52. The zero-order chi connectivity index (χ0) is 28.1. The first-order valence-corrected chi connectivity index (χ1v) is 13.8. The second-order valence-electron chi connectivity index (χ2n) is 10.2. The van der Waals surface area contributed by atoms with Gasteiger partial charge in [-0.3, -0.25) is 4.57 Å². The van der Waals surface area contributed by atoms with Crippen molar-refractivity contribution in [3.8, 4) is 0 Å². The molecule has 208 valence electrons. The molecule has 1 unspecified atom stereocenters. The summed E-state index contributed by atoms with van der Waals surface area (Å²) < 4.78 is 20.2. The first-order chi connectivity index (χ1) is 19.5. The molecule has 2 heterocycles. The molecule has 4 aromatic rings. The van der Waals surface area contributed by atoms with Gasteiger partial charge in [0.1, 0.15) is 5.60 Å². The lowest BCUT2D eigenvalue weighted by atomic mass is 9.80. The van der Waals surface area contributed by atoms with Gasteiger partial charge in [-0.25, -0.2) is 4.79 Å². The van der Waals surface area contributed by atoms with Gasteiger partial charge in [0, 0.05) is 18.3 Å². The first kappa shape index (κ1) is 27.6. The maximum Gasteiger partial charge on any atom is 0.418 e. The van der Waals surface area contributed by atoms with Crippen molar-refractivity contribution in [2.75, 3.05) is 18.9 Å². The lowest BCUT2D eigenvalue weighted by Gasteiger charge is -2.36. The van der Waals surface area contributed by atoms with Gasteiger partial charge < -0.3 is 25.7 Å². The zero-order valence-corrected chi connectivity index (χ0v) is 23.0. The maximum absolute atomic E-state index is 12.5. The van der Waals surface area contributed by atoms with E-state index in [4.69, 9.17) is 25.7 Å². The lowest BCUT2D eigenvalue weighted by molar-refractivity contribution is -0.0635. The van der Waals surface area contributed by atoms with Gasteiger partial charge in [0.2, 0.25) is 0 Å². The number of carbonyl (C=O) groups is 1. The van der Waals surface area contributed by atoms with E-state index in [1.54, 1.807) is 13.1 Å². The lowest BCUT2D eigenvalue weighted by Crippen LogP contribution is -2.35. The van der Waals surface area contributed by atoms with Crippen molar-refractivity contribution in [2.45, 2.75) is 44.6 Å². The molecular formula is C33H37N3O4. The van der Waals surface area contributed by atoms with Gasteiger partial charge in [-0.15, -0.1) is 0 Å². The molecular weight excluding hydrogens is 502 g/mol. The normalized spacial score (nSPS) is 19.0. The van der Waals surface area contributed by atoms with E-state index in [9.17, 15) is 4.79 Å². The first-order valence-electron chi connectivity index (χ1n) is 13.8. The van der Waals surface area contributed by atoms with Gasteiger partial charge in [-0.2, -0.15) is 0 Å². The minimum Gasteiger partial charge on any atom is -0.449 e. The monoisotopic (exact) mass is 539 g/mol. The smallest absolute Gasteiger partial charge is 0.418 e. The van der Waals surface area contributed by atoms with Crippen LogP contribution < -0.4 is 11.5 Å². The van der Waals surface area contributed by atoms with Crippen LogP contribution in [0.1, 0.15) is 54.3 Å². The van der Waals surface area contributed by atoms with Gasteiger partial charge in [0.05, 0.1) is 36.8 Å². The number of hydrogen-bond donors (Lipinski definition) is 2. The zero-order valence-electron chi connectivity index (χ0n) is 23.0. The number of nitrogens with zero attached hydrogens (tertiary/aromatic N) is 1. The molecule has 0 aliphatic carbocycles. The fourth-order valence-corrected chi connectivity index (χ4v) is 5.78. The number of anilines is 1. The molecule has 1 aliphatic heterocycles. The van der Waals surface area contributed by atoms with Gasteiger partial charge in [-0.05, 0) is 36.0 Å². The van der Waals surface area contributed by atoms with Crippen molar-refractivity contribution in [1.29, 1.82) is 0 Å². The molecule has 7 heteroatoms. The Morgan fingerprint density at radius 1 is 0.950 bits per heavy atom. The number of carbonyl (C=O) groups excluding carboxylic acids is 1. The van der Waals surface area contributed by atoms with Crippen molar-refractivity contribution >= 4 is 11.8 Å². The number of hydrogen-bond acceptors (Lipinski definition) is 6. The number of aromatic nitrogens is 1. The summed E-state index contributed by atoms with van der Waals surface area (Å²) in [5.41, 5.74) is 16.5. The molecule has 7 nitrogen and oxygen atoms in total. The molecule has 0 bridgehead atoms. The largest absolute Gasteiger partial charge is 0.449 e. The Labute approximate surface area is 235 Å². The van der Waals surface area contributed by atoms with Gasteiger partial charge in [-0.1, -0.05) is 97.9 Å². The SMILES string of the molecule is CCOC(=O)n1cc([C@H]2O[C@H](COC(c3ccccc3)(c3ccccc3)c3ccccc3)CC2C)c(N)c1CN. The highest BCUT2D eigenvalue weighted by atomic mass is 16.6. The molecule has 3 atom stereocenters. The van der Waals surface area contributed by atoms with Crippen molar-refractivity contribution in [3.63, 3.8) is 0 Å². The summed E-state index contributed by atoms with van der Waals surface area (Å²) in [6, 6.07) is 30.9. The minimum atomic E-state index is -0.826. The molecule has 0 saturated carbocycles. The number of benzene rings is 3. The van der Waals surface area contributed by atoms with E-state index in [0.717, 1.165) is 28.7 Å². The average Bonchev–Trinajstić information content (AvgIpc) is 3.53. The Morgan fingerprint density at radius 2 is 1.48 bits per heavy atom. The van der Waals surface area contributed by atoms with E-state index in [-0.39, 0.29) is 31.3 Å². The highest BCUT2D eigenvalue weighted by Crippen LogP contribution is 2.44. The molecule has 1 saturated heterocycles. The highest BCUT2D eigenvalue weighted by molar-refractivity contribution is 5.75. The van der Waals surface area contributed by atoms with Crippen LogP contribution in [0.15, 0.2) is 97.2 Å². The molecule has 40 heavy (non-hydrogen) atoms. The van der Waals surface area contributed by atoms with Crippen LogP contribution in [-0.4, -0.2) is 30.0 Å². The molecule has 5 rings (SSSR count). The molecule has 0 radical (unpaired) electrons. The summed E-state index contributed by atoms with van der Waals surface area (Å²) in [5, 5.41) is 0. The van der Waals surface area contributed by atoms with E-state index in [1.165, 1.54) is 4.57 Å².